The molecule has 6 nitrogen and oxygen atoms in total. The number of imide groups is 1. The van der Waals surface area contributed by atoms with Crippen LogP contribution in [0.15, 0.2) is 31.0 Å². The number of hydrogen-bond donors (Lipinski definition) is 2. The van der Waals surface area contributed by atoms with Crippen molar-refractivity contribution in [1.29, 1.82) is 0 Å². The van der Waals surface area contributed by atoms with Gasteiger partial charge in [0, 0.05) is 24.2 Å². The van der Waals surface area contributed by atoms with Gasteiger partial charge in [-0.3, -0.25) is 19.7 Å². The summed E-state index contributed by atoms with van der Waals surface area (Å²) in [4.78, 5) is 37.1. The maximum Gasteiger partial charge on any atom is 0.255 e. The Balaban J connectivity index is 1.85. The fraction of sp³-hybridized carbons (Fsp3) is 0.267. The van der Waals surface area contributed by atoms with Crippen molar-refractivity contribution in [2.24, 2.45) is 0 Å². The van der Waals surface area contributed by atoms with Gasteiger partial charge in [-0.15, -0.1) is 0 Å². The molecule has 1 aromatic rings. The molecule has 2 N–H and O–H groups in total. The van der Waals surface area contributed by atoms with Gasteiger partial charge in [-0.1, -0.05) is 12.6 Å². The summed E-state index contributed by atoms with van der Waals surface area (Å²) >= 11 is 0. The highest BCUT2D eigenvalue weighted by Gasteiger charge is 2.38. The smallest absolute Gasteiger partial charge is 0.255 e. The van der Waals surface area contributed by atoms with Gasteiger partial charge in [0.25, 0.3) is 5.91 Å². The minimum absolute atomic E-state index is 0.174. The van der Waals surface area contributed by atoms with Gasteiger partial charge in [0.1, 0.15) is 6.04 Å². The van der Waals surface area contributed by atoms with Crippen LogP contribution in [0.5, 0.6) is 0 Å². The van der Waals surface area contributed by atoms with E-state index in [1.807, 2.05) is 12.1 Å². The number of carbonyl (C=O) groups excluding carboxylic acids is 3. The molecule has 1 unspecified atom stereocenters. The van der Waals surface area contributed by atoms with E-state index in [-0.39, 0.29) is 18.2 Å². The average Bonchev–Trinajstić information content (AvgIpc) is 2.77. The van der Waals surface area contributed by atoms with E-state index in [9.17, 15) is 14.4 Å². The molecule has 21 heavy (non-hydrogen) atoms. The van der Waals surface area contributed by atoms with E-state index in [2.05, 4.69) is 17.2 Å². The Morgan fingerprint density at radius 3 is 2.86 bits per heavy atom. The van der Waals surface area contributed by atoms with Crippen LogP contribution >= 0.6 is 0 Å². The zero-order chi connectivity index (χ0) is 15.0. The topological polar surface area (TPSA) is 78.5 Å². The number of nitrogens with one attached hydrogen (secondary N) is 2. The molecule has 2 aliphatic rings. The molecule has 3 amide bonds. The fourth-order valence-corrected chi connectivity index (χ4v) is 2.76. The highest BCUT2D eigenvalue weighted by atomic mass is 16.2. The number of benzene rings is 1. The van der Waals surface area contributed by atoms with Crippen LogP contribution in [0.1, 0.15) is 28.8 Å². The van der Waals surface area contributed by atoms with Crippen LogP contribution < -0.4 is 10.6 Å². The van der Waals surface area contributed by atoms with Gasteiger partial charge in [0.15, 0.2) is 0 Å². The second kappa shape index (κ2) is 5.05. The lowest BCUT2D eigenvalue weighted by molar-refractivity contribution is -0.136. The molecule has 1 fully saturated rings. The van der Waals surface area contributed by atoms with Crippen LogP contribution in [0, 0.1) is 0 Å². The highest BCUT2D eigenvalue weighted by Crippen LogP contribution is 2.29. The quantitative estimate of drug-likeness (QED) is 0.812. The van der Waals surface area contributed by atoms with Crippen molar-refractivity contribution in [2.75, 3.05) is 5.32 Å². The molecule has 3 rings (SSSR count). The maximum absolute atomic E-state index is 12.5. The van der Waals surface area contributed by atoms with Crippen molar-refractivity contribution in [3.63, 3.8) is 0 Å². The Morgan fingerprint density at radius 1 is 1.33 bits per heavy atom. The lowest BCUT2D eigenvalue weighted by Gasteiger charge is -2.29. The van der Waals surface area contributed by atoms with Crippen molar-refractivity contribution in [1.82, 2.24) is 10.2 Å². The number of anilines is 1. The first-order valence-corrected chi connectivity index (χ1v) is 6.75. The average molecular weight is 285 g/mol. The van der Waals surface area contributed by atoms with Crippen LogP contribution in [0.3, 0.4) is 0 Å². The highest BCUT2D eigenvalue weighted by molar-refractivity contribution is 6.05. The molecular weight excluding hydrogens is 270 g/mol. The summed E-state index contributed by atoms with van der Waals surface area (Å²) in [7, 11) is 0. The van der Waals surface area contributed by atoms with E-state index in [0.29, 0.717) is 18.5 Å². The zero-order valence-corrected chi connectivity index (χ0v) is 11.4. The third-order valence-electron chi connectivity index (χ3n) is 3.80. The van der Waals surface area contributed by atoms with E-state index >= 15 is 0 Å². The normalized spacial score (nSPS) is 21.0. The van der Waals surface area contributed by atoms with Crippen LogP contribution in [-0.4, -0.2) is 28.7 Å². The van der Waals surface area contributed by atoms with Crippen molar-refractivity contribution in [2.45, 2.75) is 25.4 Å². The second-order valence-corrected chi connectivity index (χ2v) is 5.12. The monoisotopic (exact) mass is 285 g/mol. The summed E-state index contributed by atoms with van der Waals surface area (Å²) in [6.07, 6.45) is 2.18. The summed E-state index contributed by atoms with van der Waals surface area (Å²) in [5.74, 6) is -0.845. The summed E-state index contributed by atoms with van der Waals surface area (Å²) in [6, 6.07) is 4.91. The van der Waals surface area contributed by atoms with Gasteiger partial charge in [-0.25, -0.2) is 0 Å². The fourth-order valence-electron chi connectivity index (χ4n) is 2.76. The van der Waals surface area contributed by atoms with Gasteiger partial charge >= 0.3 is 0 Å². The Morgan fingerprint density at radius 2 is 2.14 bits per heavy atom. The molecule has 1 saturated heterocycles. The van der Waals surface area contributed by atoms with E-state index in [1.165, 1.54) is 4.90 Å². The number of amides is 3. The summed E-state index contributed by atoms with van der Waals surface area (Å²) in [6.45, 7) is 3.98. The van der Waals surface area contributed by atoms with Crippen LogP contribution in [0.25, 0.3) is 0 Å². The minimum atomic E-state index is -0.571. The van der Waals surface area contributed by atoms with Crippen molar-refractivity contribution < 1.29 is 14.4 Å². The minimum Gasteiger partial charge on any atom is -0.362 e. The molecule has 0 bridgehead atoms. The lowest BCUT2D eigenvalue weighted by Crippen LogP contribution is -2.52. The Bertz CT molecular complexity index is 654. The summed E-state index contributed by atoms with van der Waals surface area (Å²) in [5.41, 5.74) is 2.26. The number of nitrogens with zero attached hydrogens (tertiary/aromatic N) is 1. The van der Waals surface area contributed by atoms with Gasteiger partial charge < -0.3 is 10.2 Å². The standard InChI is InChI=1S/C15H15N3O3/c1-2-16-10-4-3-9-8-18(15(21)11(9)7-10)12-5-6-13(19)17-14(12)20/h2-4,7,12,16H,1,5-6,8H2,(H,17,19,20). The Hall–Kier alpha value is -2.63. The molecule has 0 saturated carbocycles. The molecule has 2 aliphatic heterocycles. The number of rotatable bonds is 3. The van der Waals surface area contributed by atoms with Crippen molar-refractivity contribution >= 4 is 23.4 Å². The van der Waals surface area contributed by atoms with Gasteiger partial charge in [-0.05, 0) is 30.3 Å². The number of hydrogen-bond acceptors (Lipinski definition) is 4. The molecular formula is C15H15N3O3. The Labute approximate surface area is 121 Å². The van der Waals surface area contributed by atoms with Crippen LogP contribution in [-0.2, 0) is 16.1 Å². The second-order valence-electron chi connectivity index (χ2n) is 5.12. The zero-order valence-electron chi connectivity index (χ0n) is 11.4. The predicted octanol–water partition coefficient (Wildman–Crippen LogP) is 1.00. The molecule has 108 valence electrons. The van der Waals surface area contributed by atoms with Crippen molar-refractivity contribution in [3.05, 3.63) is 42.1 Å². The number of fused-ring (bicyclic) bond motifs is 1. The molecule has 0 aliphatic carbocycles. The molecule has 0 spiro atoms. The summed E-state index contributed by atoms with van der Waals surface area (Å²) < 4.78 is 0. The first kappa shape index (κ1) is 13.4. The molecule has 0 aromatic heterocycles. The molecule has 6 heteroatoms. The van der Waals surface area contributed by atoms with Crippen molar-refractivity contribution in [3.8, 4) is 0 Å². The predicted molar refractivity (Wildman–Crippen MR) is 76.3 cm³/mol. The number of carbonyl (C=O) groups is 3. The number of piperidine rings is 1. The van der Waals surface area contributed by atoms with Crippen LogP contribution in [0.4, 0.5) is 5.69 Å². The lowest BCUT2D eigenvalue weighted by atomic mass is 10.0. The molecule has 0 radical (unpaired) electrons. The SMILES string of the molecule is C=CNc1ccc2c(c1)C(=O)N(C1CCC(=O)NC1=O)C2. The van der Waals surface area contributed by atoms with E-state index < -0.39 is 11.9 Å². The van der Waals surface area contributed by atoms with Gasteiger partial charge in [-0.2, -0.15) is 0 Å². The molecule has 1 aromatic carbocycles. The van der Waals surface area contributed by atoms with Gasteiger partial charge in [0.2, 0.25) is 11.8 Å². The molecule has 1 atom stereocenters. The first-order valence-electron chi connectivity index (χ1n) is 6.75. The third kappa shape index (κ3) is 2.29. The molecule has 2 heterocycles. The van der Waals surface area contributed by atoms with E-state index in [1.54, 1.807) is 12.3 Å². The summed E-state index contributed by atoms with van der Waals surface area (Å²) in [5, 5.41) is 5.22. The van der Waals surface area contributed by atoms with Gasteiger partial charge in [0.05, 0.1) is 0 Å². The first-order chi connectivity index (χ1) is 10.1. The van der Waals surface area contributed by atoms with Crippen LogP contribution in [0.2, 0.25) is 0 Å². The van der Waals surface area contributed by atoms with E-state index in [0.717, 1.165) is 11.3 Å². The van der Waals surface area contributed by atoms with E-state index in [4.69, 9.17) is 0 Å². The Kier molecular flexibility index (Phi) is 3.21. The maximum atomic E-state index is 12.5. The third-order valence-corrected chi connectivity index (χ3v) is 3.80. The largest absolute Gasteiger partial charge is 0.362 e.